The van der Waals surface area contributed by atoms with Crippen LogP contribution < -0.4 is 5.32 Å². The minimum absolute atomic E-state index is 0.294. The van der Waals surface area contributed by atoms with Gasteiger partial charge in [0.05, 0.1) is 10.6 Å². The molecule has 4 nitrogen and oxygen atoms in total. The third-order valence-corrected chi connectivity index (χ3v) is 3.54. The summed E-state index contributed by atoms with van der Waals surface area (Å²) in [6.45, 7) is 1.87. The molecule has 0 saturated carbocycles. The second-order valence-electron chi connectivity index (χ2n) is 4.13. The lowest BCUT2D eigenvalue weighted by Gasteiger charge is -2.14. The van der Waals surface area contributed by atoms with E-state index >= 15 is 0 Å². The molecule has 19 heavy (non-hydrogen) atoms. The molecule has 0 aliphatic carbocycles. The Morgan fingerprint density at radius 1 is 1.47 bits per heavy atom. The molecule has 0 saturated heterocycles. The van der Waals surface area contributed by atoms with E-state index in [0.717, 1.165) is 5.56 Å². The summed E-state index contributed by atoms with van der Waals surface area (Å²) in [5.74, 6) is -0.831. The lowest BCUT2D eigenvalue weighted by atomic mass is 10.1. The SMILES string of the molecule is CSCC[C@@H](NC(=O)c1ccc(C)cc1Cl)C(=O)O. The molecule has 104 valence electrons. The Kier molecular flexibility index (Phi) is 6.18. The first-order valence-corrected chi connectivity index (χ1v) is 7.51. The van der Waals surface area contributed by atoms with Gasteiger partial charge in [0.2, 0.25) is 0 Å². The highest BCUT2D eigenvalue weighted by atomic mass is 35.5. The molecular formula is C13H16ClNO3S. The number of aliphatic carboxylic acids is 1. The van der Waals surface area contributed by atoms with Gasteiger partial charge in [-0.15, -0.1) is 0 Å². The maximum absolute atomic E-state index is 12.0. The first kappa shape index (κ1) is 15.9. The number of carbonyl (C=O) groups is 2. The van der Waals surface area contributed by atoms with Gasteiger partial charge in [0.1, 0.15) is 6.04 Å². The number of nitrogens with one attached hydrogen (secondary N) is 1. The molecule has 0 heterocycles. The number of thioether (sulfide) groups is 1. The zero-order valence-electron chi connectivity index (χ0n) is 10.8. The van der Waals surface area contributed by atoms with Gasteiger partial charge in [-0.05, 0) is 43.0 Å². The number of aryl methyl sites for hydroxylation is 1. The van der Waals surface area contributed by atoms with Crippen LogP contribution in [0.4, 0.5) is 0 Å². The Bertz CT molecular complexity index is 479. The number of hydrogen-bond donors (Lipinski definition) is 2. The molecule has 0 unspecified atom stereocenters. The van der Waals surface area contributed by atoms with Gasteiger partial charge >= 0.3 is 5.97 Å². The van der Waals surface area contributed by atoms with Crippen LogP contribution >= 0.6 is 23.4 Å². The van der Waals surface area contributed by atoms with Crippen LogP contribution in [-0.4, -0.2) is 35.0 Å². The molecular weight excluding hydrogens is 286 g/mol. The lowest BCUT2D eigenvalue weighted by molar-refractivity contribution is -0.139. The molecule has 1 atom stereocenters. The molecule has 0 aliphatic rings. The van der Waals surface area contributed by atoms with E-state index in [0.29, 0.717) is 22.8 Å². The molecule has 0 radical (unpaired) electrons. The van der Waals surface area contributed by atoms with Crippen molar-refractivity contribution in [3.05, 3.63) is 34.3 Å². The Hall–Kier alpha value is -1.20. The second-order valence-corrected chi connectivity index (χ2v) is 5.52. The van der Waals surface area contributed by atoms with E-state index in [4.69, 9.17) is 16.7 Å². The zero-order valence-corrected chi connectivity index (χ0v) is 12.3. The number of halogens is 1. The summed E-state index contributed by atoms with van der Waals surface area (Å²) < 4.78 is 0. The van der Waals surface area contributed by atoms with E-state index in [-0.39, 0.29) is 0 Å². The van der Waals surface area contributed by atoms with Crippen LogP contribution in [0.1, 0.15) is 22.3 Å². The normalized spacial score (nSPS) is 11.9. The number of benzene rings is 1. The Labute approximate surface area is 121 Å². The Morgan fingerprint density at radius 3 is 2.68 bits per heavy atom. The highest BCUT2D eigenvalue weighted by Crippen LogP contribution is 2.17. The van der Waals surface area contributed by atoms with Crippen molar-refractivity contribution in [1.29, 1.82) is 0 Å². The summed E-state index contributed by atoms with van der Waals surface area (Å²) in [4.78, 5) is 23.0. The number of carbonyl (C=O) groups excluding carboxylic acids is 1. The first-order chi connectivity index (χ1) is 8.95. The van der Waals surface area contributed by atoms with Gasteiger partial charge in [-0.3, -0.25) is 4.79 Å². The molecule has 6 heteroatoms. The third-order valence-electron chi connectivity index (χ3n) is 2.58. The molecule has 1 aromatic rings. The topological polar surface area (TPSA) is 66.4 Å². The average Bonchev–Trinajstić information content (AvgIpc) is 2.33. The number of amides is 1. The Balaban J connectivity index is 2.78. The van der Waals surface area contributed by atoms with E-state index in [1.54, 1.807) is 18.2 Å². The molecule has 0 bridgehead atoms. The van der Waals surface area contributed by atoms with Crippen molar-refractivity contribution in [2.75, 3.05) is 12.0 Å². The molecule has 1 aromatic carbocycles. The minimum atomic E-state index is -1.04. The summed E-state index contributed by atoms with van der Waals surface area (Å²) >= 11 is 7.51. The maximum Gasteiger partial charge on any atom is 0.326 e. The van der Waals surface area contributed by atoms with Gasteiger partial charge in [-0.1, -0.05) is 17.7 Å². The zero-order chi connectivity index (χ0) is 14.4. The Morgan fingerprint density at radius 2 is 2.16 bits per heavy atom. The van der Waals surface area contributed by atoms with Crippen molar-refractivity contribution in [3.63, 3.8) is 0 Å². The quantitative estimate of drug-likeness (QED) is 0.847. The molecule has 0 spiro atoms. The number of rotatable bonds is 6. The van der Waals surface area contributed by atoms with Crippen LogP contribution in [0, 0.1) is 6.92 Å². The summed E-state index contributed by atoms with van der Waals surface area (Å²) in [6, 6.07) is 4.14. The fourth-order valence-corrected chi connectivity index (χ4v) is 2.33. The molecule has 1 rings (SSSR count). The van der Waals surface area contributed by atoms with Crippen molar-refractivity contribution >= 4 is 35.2 Å². The molecule has 0 fully saturated rings. The van der Waals surface area contributed by atoms with Gasteiger partial charge in [0.25, 0.3) is 5.91 Å². The van der Waals surface area contributed by atoms with Crippen LogP contribution in [0.5, 0.6) is 0 Å². The van der Waals surface area contributed by atoms with E-state index in [9.17, 15) is 9.59 Å². The van der Waals surface area contributed by atoms with Gasteiger partial charge in [0, 0.05) is 0 Å². The monoisotopic (exact) mass is 301 g/mol. The summed E-state index contributed by atoms with van der Waals surface area (Å²) in [5, 5.41) is 11.9. The smallest absolute Gasteiger partial charge is 0.326 e. The number of carboxylic acid groups (broad SMARTS) is 1. The van der Waals surface area contributed by atoms with Crippen molar-refractivity contribution in [2.45, 2.75) is 19.4 Å². The van der Waals surface area contributed by atoms with E-state index < -0.39 is 17.9 Å². The highest BCUT2D eigenvalue weighted by Gasteiger charge is 2.21. The predicted octanol–water partition coefficient (Wildman–Crippen LogP) is 2.58. The van der Waals surface area contributed by atoms with Gasteiger partial charge in [-0.2, -0.15) is 11.8 Å². The molecule has 1 amide bonds. The van der Waals surface area contributed by atoms with Crippen LogP contribution in [0.3, 0.4) is 0 Å². The van der Waals surface area contributed by atoms with Crippen molar-refractivity contribution in [2.24, 2.45) is 0 Å². The van der Waals surface area contributed by atoms with Gasteiger partial charge in [-0.25, -0.2) is 4.79 Å². The van der Waals surface area contributed by atoms with Crippen LogP contribution in [0.25, 0.3) is 0 Å². The summed E-state index contributed by atoms with van der Waals surface area (Å²) in [7, 11) is 0. The average molecular weight is 302 g/mol. The first-order valence-electron chi connectivity index (χ1n) is 5.74. The second kappa shape index (κ2) is 7.40. The number of hydrogen-bond acceptors (Lipinski definition) is 3. The number of carboxylic acids is 1. The fraction of sp³-hybridized carbons (Fsp3) is 0.385. The van der Waals surface area contributed by atoms with E-state index in [1.807, 2.05) is 13.2 Å². The van der Waals surface area contributed by atoms with Crippen LogP contribution in [0.15, 0.2) is 18.2 Å². The third kappa shape index (κ3) is 4.76. The summed E-state index contributed by atoms with van der Waals surface area (Å²) in [6.07, 6.45) is 2.27. The van der Waals surface area contributed by atoms with E-state index in [1.165, 1.54) is 11.8 Å². The lowest BCUT2D eigenvalue weighted by Crippen LogP contribution is -2.41. The molecule has 2 N–H and O–H groups in total. The molecule has 0 aliphatic heterocycles. The predicted molar refractivity (Wildman–Crippen MR) is 78.1 cm³/mol. The minimum Gasteiger partial charge on any atom is -0.480 e. The van der Waals surface area contributed by atoms with Gasteiger partial charge in [0.15, 0.2) is 0 Å². The van der Waals surface area contributed by atoms with Crippen molar-refractivity contribution < 1.29 is 14.7 Å². The van der Waals surface area contributed by atoms with Crippen molar-refractivity contribution in [1.82, 2.24) is 5.32 Å². The highest BCUT2D eigenvalue weighted by molar-refractivity contribution is 7.98. The largest absolute Gasteiger partial charge is 0.480 e. The maximum atomic E-state index is 12.0. The standard InChI is InChI=1S/C13H16ClNO3S/c1-8-3-4-9(10(14)7-8)12(16)15-11(13(17)18)5-6-19-2/h3-4,7,11H,5-6H2,1-2H3,(H,15,16)(H,17,18)/t11-/m1/s1. The fourth-order valence-electron chi connectivity index (χ4n) is 1.53. The van der Waals surface area contributed by atoms with E-state index in [2.05, 4.69) is 5.32 Å². The van der Waals surface area contributed by atoms with Crippen LogP contribution in [0.2, 0.25) is 5.02 Å². The van der Waals surface area contributed by atoms with Crippen molar-refractivity contribution in [3.8, 4) is 0 Å². The van der Waals surface area contributed by atoms with Gasteiger partial charge < -0.3 is 10.4 Å². The molecule has 0 aromatic heterocycles. The summed E-state index contributed by atoms with van der Waals surface area (Å²) in [5.41, 5.74) is 1.24. The van der Waals surface area contributed by atoms with Crippen LogP contribution in [-0.2, 0) is 4.79 Å².